The predicted molar refractivity (Wildman–Crippen MR) is 355 cm³/mol. The Bertz CT molecular complexity index is 1890. The van der Waals surface area contributed by atoms with Gasteiger partial charge in [0.15, 0.2) is 6.29 Å². The van der Waals surface area contributed by atoms with Gasteiger partial charge in [0, 0.05) is 20.6 Å². The molecule has 1 saturated carbocycles. The van der Waals surface area contributed by atoms with Crippen molar-refractivity contribution in [2.24, 2.45) is 47.3 Å². The first-order valence-corrected chi connectivity index (χ1v) is 32.6. The van der Waals surface area contributed by atoms with E-state index in [1.807, 2.05) is 32.9 Å². The molecule has 6 heteroatoms. The lowest BCUT2D eigenvalue weighted by atomic mass is 9.84. The van der Waals surface area contributed by atoms with Crippen molar-refractivity contribution in [1.82, 2.24) is 0 Å². The lowest BCUT2D eigenvalue weighted by Gasteiger charge is -2.24. The molecule has 0 radical (unpaired) electrons. The van der Waals surface area contributed by atoms with E-state index in [4.69, 9.17) is 18.9 Å². The fourth-order valence-corrected chi connectivity index (χ4v) is 9.47. The summed E-state index contributed by atoms with van der Waals surface area (Å²) >= 11 is 0. The molecule has 4 nitrogen and oxygen atoms in total. The molecule has 3 saturated heterocycles. The van der Waals surface area contributed by atoms with Gasteiger partial charge in [-0.3, -0.25) is 0 Å². The number of allylic oxidation sites excluding steroid dienone is 6. The largest absolute Gasteiger partial charge is 0.378 e. The lowest BCUT2D eigenvalue weighted by Crippen LogP contribution is -2.27. The zero-order valence-corrected chi connectivity index (χ0v) is 56.6. The summed E-state index contributed by atoms with van der Waals surface area (Å²) in [6, 6.07) is 18.9. The van der Waals surface area contributed by atoms with Crippen molar-refractivity contribution in [1.29, 1.82) is 0 Å². The van der Waals surface area contributed by atoms with Crippen LogP contribution in [0.25, 0.3) is 0 Å². The number of ether oxygens (including phenoxy) is 4. The van der Waals surface area contributed by atoms with Crippen molar-refractivity contribution >= 4 is 0 Å². The van der Waals surface area contributed by atoms with Gasteiger partial charge in [0.05, 0.1) is 25.4 Å². The fourth-order valence-electron chi connectivity index (χ4n) is 9.47. The first-order valence-electron chi connectivity index (χ1n) is 32.6. The molecule has 0 bridgehead atoms. The molecule has 0 amide bonds. The highest BCUT2D eigenvalue weighted by Gasteiger charge is 2.16. The molecule has 7 atom stereocenters. The Labute approximate surface area is 507 Å². The molecule has 0 aromatic heterocycles. The minimum absolute atomic E-state index is 0. The smallest absolute Gasteiger partial charge is 0.154 e. The third kappa shape index (κ3) is 41.6. The summed E-state index contributed by atoms with van der Waals surface area (Å²) in [7, 11) is 0. The van der Waals surface area contributed by atoms with Gasteiger partial charge in [-0.2, -0.15) is 0 Å². The van der Waals surface area contributed by atoms with Crippen LogP contribution in [0.15, 0.2) is 95.6 Å². The van der Waals surface area contributed by atoms with Gasteiger partial charge >= 0.3 is 0 Å². The standard InChI is InChI=1S/2C8H9F.C8H16.3C8H14.C8H10.2C7H14O.C6H12O2.H2/c2*1-6-3-4-7(2)8(9)5-6;5*1-7-3-5-8(2)6-4-7;2*1-6-3-4-7(2)8-5-6;1-5-3-7-6(2)8-4-5;/h2*3-5H,1-2H3;7-8H,3-6H2,1-2H3;3*3,8H,4-6H2,1-2H3;3-6H,1-2H3;2*6-7H,3-5H2,1-2H3;5-6H,3-4H2,1-2H3;1H. The quantitative estimate of drug-likeness (QED) is 0.210. The molecule has 3 aromatic rings. The van der Waals surface area contributed by atoms with E-state index in [-0.39, 0.29) is 19.4 Å². The van der Waals surface area contributed by atoms with Crippen molar-refractivity contribution in [2.45, 2.75) is 266 Å². The van der Waals surface area contributed by atoms with Crippen LogP contribution in [-0.2, 0) is 18.9 Å². The number of hydrogen-bond donors (Lipinski definition) is 0. The highest BCUT2D eigenvalue weighted by atomic mass is 19.1. The van der Waals surface area contributed by atoms with Crippen LogP contribution in [0.2, 0.25) is 0 Å². The monoisotopic (exact) mass is 1140 g/mol. The minimum atomic E-state index is -0.116. The van der Waals surface area contributed by atoms with E-state index in [2.05, 4.69) is 146 Å². The highest BCUT2D eigenvalue weighted by Crippen LogP contribution is 2.28. The highest BCUT2D eigenvalue weighted by molar-refractivity contribution is 5.23. The SMILES string of the molecule is CC1=CCC(C)CC1.CC1=CCC(C)CC1.CC1=CCC(C)CC1.CC1CCC(C)CC1.CC1CCC(C)OC1.CC1CCC(C)OC1.CC1COC(C)OC1.Cc1ccc(C)c(F)c1.Cc1ccc(C)c(F)c1.Cc1ccc(C)cc1.[HH]. The van der Waals surface area contributed by atoms with Crippen LogP contribution in [0.1, 0.15) is 241 Å². The van der Waals surface area contributed by atoms with Gasteiger partial charge in [0.25, 0.3) is 0 Å². The summed E-state index contributed by atoms with van der Waals surface area (Å²) in [5.74, 6) is 6.81. The summed E-state index contributed by atoms with van der Waals surface area (Å²) in [4.78, 5) is 0. The molecule has 0 spiro atoms. The lowest BCUT2D eigenvalue weighted by molar-refractivity contribution is -0.187. The normalized spacial score (nSPS) is 27.2. The molecule has 4 aliphatic carbocycles. The minimum Gasteiger partial charge on any atom is -0.378 e. The van der Waals surface area contributed by atoms with Crippen LogP contribution in [0.3, 0.4) is 0 Å². The van der Waals surface area contributed by atoms with Gasteiger partial charge in [0.1, 0.15) is 11.6 Å². The Balaban J connectivity index is 0.000000899. The van der Waals surface area contributed by atoms with Crippen molar-refractivity contribution < 1.29 is 29.2 Å². The average molecular weight is 1140 g/mol. The van der Waals surface area contributed by atoms with E-state index in [1.165, 1.54) is 132 Å². The van der Waals surface area contributed by atoms with Crippen molar-refractivity contribution in [2.75, 3.05) is 26.4 Å². The van der Waals surface area contributed by atoms with Gasteiger partial charge < -0.3 is 18.9 Å². The molecule has 7 aliphatic rings. The first kappa shape index (κ1) is 76.6. The molecular weight excluding hydrogens is 1010 g/mol. The van der Waals surface area contributed by atoms with Crippen molar-refractivity contribution in [3.05, 3.63) is 141 Å². The number of aryl methyl sites for hydroxylation is 6. The van der Waals surface area contributed by atoms with E-state index < -0.39 is 0 Å². The summed E-state index contributed by atoms with van der Waals surface area (Å²) < 4.78 is 46.3. The number of halogens is 2. The van der Waals surface area contributed by atoms with Crippen LogP contribution >= 0.6 is 0 Å². The van der Waals surface area contributed by atoms with Crippen LogP contribution in [0.5, 0.6) is 0 Å². The van der Waals surface area contributed by atoms with E-state index in [9.17, 15) is 8.78 Å². The number of hydrogen-bond acceptors (Lipinski definition) is 4. The molecule has 82 heavy (non-hydrogen) atoms. The van der Waals surface area contributed by atoms with Gasteiger partial charge in [-0.05, 0) is 242 Å². The molecule has 3 heterocycles. The van der Waals surface area contributed by atoms with E-state index in [1.54, 1.807) is 42.7 Å². The molecule has 4 fully saturated rings. The fraction of sp³-hybridized carbons (Fsp3) is 0.684. The Morgan fingerprint density at radius 3 is 0.805 bits per heavy atom. The third-order valence-corrected chi connectivity index (χ3v) is 16.6. The predicted octanol–water partition coefficient (Wildman–Crippen LogP) is 23.2. The van der Waals surface area contributed by atoms with Gasteiger partial charge in [-0.25, -0.2) is 8.78 Å². The van der Waals surface area contributed by atoms with Gasteiger partial charge in [0.2, 0.25) is 0 Å². The Hall–Kier alpha value is -3.42. The number of benzene rings is 3. The summed E-state index contributed by atoms with van der Waals surface area (Å²) in [5.41, 5.74) is 10.8. The Morgan fingerprint density at radius 1 is 0.317 bits per heavy atom. The van der Waals surface area contributed by atoms with Crippen LogP contribution in [0.4, 0.5) is 8.78 Å². The summed E-state index contributed by atoms with van der Waals surface area (Å²) in [6.45, 7) is 46.3. The third-order valence-electron chi connectivity index (χ3n) is 16.6. The Morgan fingerprint density at radius 2 is 0.598 bits per heavy atom. The van der Waals surface area contributed by atoms with Crippen molar-refractivity contribution in [3.63, 3.8) is 0 Å². The van der Waals surface area contributed by atoms with Gasteiger partial charge in [-0.1, -0.05) is 176 Å². The van der Waals surface area contributed by atoms with Crippen LogP contribution in [-0.4, -0.2) is 44.9 Å². The number of rotatable bonds is 0. The Kier molecular flexibility index (Phi) is 42.0. The maximum Gasteiger partial charge on any atom is 0.154 e. The van der Waals surface area contributed by atoms with Gasteiger partial charge in [-0.15, -0.1) is 0 Å². The molecule has 0 N–H and O–H groups in total. The molecule has 470 valence electrons. The second kappa shape index (κ2) is 45.0. The topological polar surface area (TPSA) is 36.9 Å². The molecule has 3 aromatic carbocycles. The summed E-state index contributed by atoms with van der Waals surface area (Å²) in [5, 5.41) is 0. The maximum absolute atomic E-state index is 12.6. The second-order valence-corrected chi connectivity index (χ2v) is 26.8. The molecule has 7 unspecified atom stereocenters. The molecule has 3 aliphatic heterocycles. The maximum atomic E-state index is 12.6. The van der Waals surface area contributed by atoms with E-state index in [0.29, 0.717) is 29.3 Å². The zero-order valence-electron chi connectivity index (χ0n) is 56.6. The molecule has 10 rings (SSSR count). The zero-order chi connectivity index (χ0) is 61.6. The van der Waals surface area contributed by atoms with Crippen LogP contribution < -0.4 is 0 Å². The van der Waals surface area contributed by atoms with E-state index in [0.717, 1.165) is 79.0 Å². The first-order chi connectivity index (χ1) is 38.7. The van der Waals surface area contributed by atoms with E-state index >= 15 is 0 Å². The second-order valence-electron chi connectivity index (χ2n) is 26.8. The van der Waals surface area contributed by atoms with Crippen molar-refractivity contribution in [3.8, 4) is 0 Å². The average Bonchev–Trinajstić information content (AvgIpc) is 3.45. The van der Waals surface area contributed by atoms with Crippen LogP contribution in [0, 0.1) is 101 Å². The molecular formula is C76H128F2O4. The summed E-state index contributed by atoms with van der Waals surface area (Å²) in [6.07, 6.45) is 31.4.